The van der Waals surface area contributed by atoms with Gasteiger partial charge in [0.1, 0.15) is 0 Å². The Morgan fingerprint density at radius 2 is 2.20 bits per heavy atom. The molecule has 6 nitrogen and oxygen atoms in total. The van der Waals surface area contributed by atoms with Crippen LogP contribution in [0.3, 0.4) is 0 Å². The number of carboxylic acid groups (broad SMARTS) is 1. The van der Waals surface area contributed by atoms with Gasteiger partial charge >= 0.3 is 12.0 Å². The molecular formula is C12H10BrN3O3S. The Bertz CT molecular complexity index is 631. The van der Waals surface area contributed by atoms with Crippen molar-refractivity contribution in [1.82, 2.24) is 10.3 Å². The molecule has 20 heavy (non-hydrogen) atoms. The van der Waals surface area contributed by atoms with E-state index in [1.54, 1.807) is 11.6 Å². The number of urea groups is 1. The number of hydrogen-bond acceptors (Lipinski definition) is 4. The minimum absolute atomic E-state index is 0.0250. The molecule has 0 radical (unpaired) electrons. The van der Waals surface area contributed by atoms with E-state index in [1.807, 2.05) is 5.38 Å². The number of carbonyl (C=O) groups is 2. The van der Waals surface area contributed by atoms with Gasteiger partial charge in [0.2, 0.25) is 0 Å². The summed E-state index contributed by atoms with van der Waals surface area (Å²) in [6.07, 6.45) is 0. The van der Waals surface area contributed by atoms with Crippen LogP contribution in [0.15, 0.2) is 33.6 Å². The highest BCUT2D eigenvalue weighted by Gasteiger charge is 2.12. The number of hydrogen-bond donors (Lipinski definition) is 3. The van der Waals surface area contributed by atoms with E-state index in [0.717, 1.165) is 5.69 Å². The van der Waals surface area contributed by atoms with Gasteiger partial charge in [-0.2, -0.15) is 0 Å². The Labute approximate surface area is 127 Å². The molecule has 2 rings (SSSR count). The summed E-state index contributed by atoms with van der Waals surface area (Å²) in [7, 11) is 0. The molecule has 0 atom stereocenters. The zero-order valence-corrected chi connectivity index (χ0v) is 12.5. The maximum Gasteiger partial charge on any atom is 0.337 e. The standard InChI is InChI=1S/C12H10BrN3O3S/c13-7-1-2-9(11(17)18)10(3-7)16-12(19)14-4-8-5-20-6-15-8/h1-3,5-6H,4H2,(H,17,18)(H2,14,16,19). The molecule has 0 unspecified atom stereocenters. The molecule has 2 amide bonds. The van der Waals surface area contributed by atoms with Gasteiger partial charge in [0.15, 0.2) is 0 Å². The van der Waals surface area contributed by atoms with Crippen molar-refractivity contribution in [2.45, 2.75) is 6.54 Å². The van der Waals surface area contributed by atoms with Gasteiger partial charge in [-0.3, -0.25) is 0 Å². The zero-order valence-electron chi connectivity index (χ0n) is 10.1. The Morgan fingerprint density at radius 1 is 1.40 bits per heavy atom. The first kappa shape index (κ1) is 14.5. The van der Waals surface area contributed by atoms with E-state index in [2.05, 4.69) is 31.5 Å². The molecule has 8 heteroatoms. The van der Waals surface area contributed by atoms with Crippen molar-refractivity contribution in [1.29, 1.82) is 0 Å². The number of aromatic carboxylic acids is 1. The van der Waals surface area contributed by atoms with Crippen LogP contribution in [-0.4, -0.2) is 22.1 Å². The number of anilines is 1. The molecular weight excluding hydrogens is 346 g/mol. The van der Waals surface area contributed by atoms with Crippen LogP contribution in [0.2, 0.25) is 0 Å². The van der Waals surface area contributed by atoms with Crippen molar-refractivity contribution in [3.05, 3.63) is 44.8 Å². The second-order valence-electron chi connectivity index (χ2n) is 3.78. The number of rotatable bonds is 4. The Balaban J connectivity index is 2.03. The fraction of sp³-hybridized carbons (Fsp3) is 0.0833. The topological polar surface area (TPSA) is 91.3 Å². The summed E-state index contributed by atoms with van der Waals surface area (Å²) in [5.41, 5.74) is 2.67. The van der Waals surface area contributed by atoms with Crippen LogP contribution in [0.5, 0.6) is 0 Å². The third kappa shape index (κ3) is 3.78. The van der Waals surface area contributed by atoms with Crippen molar-refractivity contribution in [3.8, 4) is 0 Å². The van der Waals surface area contributed by atoms with Gasteiger partial charge in [0, 0.05) is 9.85 Å². The molecule has 0 bridgehead atoms. The number of halogens is 1. The van der Waals surface area contributed by atoms with Crippen LogP contribution in [0, 0.1) is 0 Å². The van der Waals surface area contributed by atoms with E-state index in [4.69, 9.17) is 5.11 Å². The smallest absolute Gasteiger partial charge is 0.337 e. The predicted octanol–water partition coefficient (Wildman–Crippen LogP) is 2.93. The van der Waals surface area contributed by atoms with Crippen molar-refractivity contribution in [3.63, 3.8) is 0 Å². The van der Waals surface area contributed by atoms with Crippen LogP contribution in [0.4, 0.5) is 10.5 Å². The van der Waals surface area contributed by atoms with E-state index in [1.165, 1.54) is 23.5 Å². The summed E-state index contributed by atoms with van der Waals surface area (Å²) in [6.45, 7) is 0.283. The molecule has 0 fully saturated rings. The number of thiazole rings is 1. The number of aromatic nitrogens is 1. The molecule has 0 saturated carbocycles. The average molecular weight is 356 g/mol. The van der Waals surface area contributed by atoms with Gasteiger partial charge < -0.3 is 15.7 Å². The van der Waals surface area contributed by atoms with Crippen molar-refractivity contribution >= 4 is 45.0 Å². The van der Waals surface area contributed by atoms with Crippen LogP contribution < -0.4 is 10.6 Å². The third-order valence-corrected chi connectivity index (χ3v) is 3.50. The van der Waals surface area contributed by atoms with Gasteiger partial charge in [0.05, 0.1) is 29.0 Å². The Morgan fingerprint density at radius 3 is 2.85 bits per heavy atom. The molecule has 104 valence electrons. The number of nitrogens with one attached hydrogen (secondary N) is 2. The molecule has 1 heterocycles. The Kier molecular flexibility index (Phi) is 4.70. The average Bonchev–Trinajstić information content (AvgIpc) is 2.89. The third-order valence-electron chi connectivity index (χ3n) is 2.37. The fourth-order valence-corrected chi connectivity index (χ4v) is 2.39. The number of carboxylic acids is 1. The summed E-state index contributed by atoms with van der Waals surface area (Å²) in [5.74, 6) is -1.10. The minimum Gasteiger partial charge on any atom is -0.478 e. The maximum absolute atomic E-state index is 11.7. The van der Waals surface area contributed by atoms with Crippen LogP contribution >= 0.6 is 27.3 Å². The van der Waals surface area contributed by atoms with E-state index in [9.17, 15) is 9.59 Å². The molecule has 0 saturated heterocycles. The lowest BCUT2D eigenvalue weighted by Crippen LogP contribution is -2.29. The first-order valence-electron chi connectivity index (χ1n) is 5.51. The lowest BCUT2D eigenvalue weighted by molar-refractivity contribution is 0.0698. The second kappa shape index (κ2) is 6.49. The highest BCUT2D eigenvalue weighted by molar-refractivity contribution is 9.10. The van der Waals surface area contributed by atoms with Gasteiger partial charge in [-0.25, -0.2) is 14.6 Å². The summed E-state index contributed by atoms with van der Waals surface area (Å²) in [6, 6.07) is 4.06. The number of amides is 2. The minimum atomic E-state index is -1.10. The Hall–Kier alpha value is -1.93. The first-order valence-corrected chi connectivity index (χ1v) is 7.24. The van der Waals surface area contributed by atoms with E-state index >= 15 is 0 Å². The molecule has 3 N–H and O–H groups in total. The summed E-state index contributed by atoms with van der Waals surface area (Å²) < 4.78 is 0.678. The number of benzene rings is 1. The van der Waals surface area contributed by atoms with E-state index in [-0.39, 0.29) is 17.8 Å². The zero-order chi connectivity index (χ0) is 14.5. The summed E-state index contributed by atoms with van der Waals surface area (Å²) >= 11 is 4.67. The molecule has 1 aromatic carbocycles. The highest BCUT2D eigenvalue weighted by atomic mass is 79.9. The van der Waals surface area contributed by atoms with E-state index in [0.29, 0.717) is 4.47 Å². The monoisotopic (exact) mass is 355 g/mol. The SMILES string of the molecule is O=C(NCc1cscn1)Nc1cc(Br)ccc1C(=O)O. The van der Waals surface area contributed by atoms with Crippen LogP contribution in [-0.2, 0) is 6.54 Å². The predicted molar refractivity (Wildman–Crippen MR) is 79.1 cm³/mol. The molecule has 1 aromatic heterocycles. The first-order chi connectivity index (χ1) is 9.56. The lowest BCUT2D eigenvalue weighted by atomic mass is 10.2. The summed E-state index contributed by atoms with van der Waals surface area (Å²) in [4.78, 5) is 26.8. The molecule has 2 aromatic rings. The molecule has 0 spiro atoms. The van der Waals surface area contributed by atoms with Crippen LogP contribution in [0.1, 0.15) is 16.1 Å². The fourth-order valence-electron chi connectivity index (χ4n) is 1.47. The molecule has 0 aliphatic heterocycles. The maximum atomic E-state index is 11.7. The normalized spacial score (nSPS) is 10.1. The quantitative estimate of drug-likeness (QED) is 0.786. The van der Waals surface area contributed by atoms with Gasteiger partial charge in [0.25, 0.3) is 0 Å². The van der Waals surface area contributed by atoms with Crippen molar-refractivity contribution in [2.75, 3.05) is 5.32 Å². The van der Waals surface area contributed by atoms with E-state index < -0.39 is 12.0 Å². The van der Waals surface area contributed by atoms with Gasteiger partial charge in [-0.1, -0.05) is 15.9 Å². The molecule has 0 aliphatic carbocycles. The largest absolute Gasteiger partial charge is 0.478 e. The number of nitrogens with zero attached hydrogens (tertiary/aromatic N) is 1. The second-order valence-corrected chi connectivity index (χ2v) is 5.42. The van der Waals surface area contributed by atoms with Crippen molar-refractivity contribution in [2.24, 2.45) is 0 Å². The van der Waals surface area contributed by atoms with Crippen LogP contribution in [0.25, 0.3) is 0 Å². The van der Waals surface area contributed by atoms with Gasteiger partial charge in [-0.05, 0) is 18.2 Å². The highest BCUT2D eigenvalue weighted by Crippen LogP contribution is 2.21. The lowest BCUT2D eigenvalue weighted by Gasteiger charge is -2.09. The number of carbonyl (C=O) groups excluding carboxylic acids is 1. The summed E-state index contributed by atoms with van der Waals surface area (Å²) in [5, 5.41) is 16.0. The molecule has 0 aliphatic rings. The van der Waals surface area contributed by atoms with Crippen molar-refractivity contribution < 1.29 is 14.7 Å². The van der Waals surface area contributed by atoms with Gasteiger partial charge in [-0.15, -0.1) is 11.3 Å².